The third-order valence-corrected chi connectivity index (χ3v) is 3.12. The van der Waals surface area contributed by atoms with E-state index in [4.69, 9.17) is 4.74 Å². The van der Waals surface area contributed by atoms with Crippen molar-refractivity contribution < 1.29 is 13.9 Å². The van der Waals surface area contributed by atoms with E-state index in [9.17, 15) is 9.18 Å². The number of hydrogen-bond acceptors (Lipinski definition) is 2. The van der Waals surface area contributed by atoms with E-state index in [1.165, 1.54) is 12.1 Å². The molecule has 0 saturated heterocycles. The molecule has 1 atom stereocenters. The Bertz CT molecular complexity index is 457. The SMILES string of the molecule is CCC(NC(=O)OC(C)(C)C)c1ccc(F)cc1Br. The lowest BCUT2D eigenvalue weighted by molar-refractivity contribution is 0.0502. The molecule has 0 aliphatic heterocycles. The molecule has 0 aliphatic carbocycles. The topological polar surface area (TPSA) is 38.3 Å². The fourth-order valence-corrected chi connectivity index (χ4v) is 2.26. The van der Waals surface area contributed by atoms with Crippen molar-refractivity contribution in [2.45, 2.75) is 45.8 Å². The maximum absolute atomic E-state index is 13.1. The summed E-state index contributed by atoms with van der Waals surface area (Å²) < 4.78 is 18.9. The average Bonchev–Trinajstić information content (AvgIpc) is 2.24. The van der Waals surface area contributed by atoms with Crippen LogP contribution in [0.3, 0.4) is 0 Å². The Morgan fingerprint density at radius 1 is 1.47 bits per heavy atom. The van der Waals surface area contributed by atoms with Gasteiger partial charge in [0, 0.05) is 4.47 Å². The van der Waals surface area contributed by atoms with E-state index in [2.05, 4.69) is 21.2 Å². The highest BCUT2D eigenvalue weighted by Crippen LogP contribution is 2.26. The molecule has 0 aromatic heterocycles. The second-order valence-electron chi connectivity index (χ2n) is 5.27. The lowest BCUT2D eigenvalue weighted by atomic mass is 10.0. The van der Waals surface area contributed by atoms with Crippen molar-refractivity contribution >= 4 is 22.0 Å². The van der Waals surface area contributed by atoms with Crippen molar-refractivity contribution in [3.63, 3.8) is 0 Å². The summed E-state index contributed by atoms with van der Waals surface area (Å²) in [5.74, 6) is -0.317. The van der Waals surface area contributed by atoms with Gasteiger partial charge in [-0.15, -0.1) is 0 Å². The van der Waals surface area contributed by atoms with Crippen LogP contribution in [0.25, 0.3) is 0 Å². The predicted molar refractivity (Wildman–Crippen MR) is 76.5 cm³/mol. The second-order valence-corrected chi connectivity index (χ2v) is 6.13. The Hall–Kier alpha value is -1.10. The molecular formula is C14H19BrFNO2. The van der Waals surface area contributed by atoms with Gasteiger partial charge in [0.2, 0.25) is 0 Å². The minimum atomic E-state index is -0.539. The van der Waals surface area contributed by atoms with Gasteiger partial charge in [0.25, 0.3) is 0 Å². The quantitative estimate of drug-likeness (QED) is 0.881. The summed E-state index contributed by atoms with van der Waals surface area (Å²) in [6.45, 7) is 7.36. The fourth-order valence-electron chi connectivity index (χ4n) is 1.63. The van der Waals surface area contributed by atoms with Crippen LogP contribution in [-0.2, 0) is 4.74 Å². The third-order valence-electron chi connectivity index (χ3n) is 2.44. The smallest absolute Gasteiger partial charge is 0.408 e. The Kier molecular flexibility index (Phi) is 5.35. The monoisotopic (exact) mass is 331 g/mol. The molecule has 1 amide bonds. The minimum absolute atomic E-state index is 0.218. The standard InChI is InChI=1S/C14H19BrFNO2/c1-5-12(17-13(18)19-14(2,3)4)10-7-6-9(16)8-11(10)15/h6-8,12H,5H2,1-4H3,(H,17,18). The molecule has 1 aromatic rings. The Morgan fingerprint density at radius 3 is 2.58 bits per heavy atom. The zero-order valence-corrected chi connectivity index (χ0v) is 13.2. The first-order chi connectivity index (χ1) is 8.73. The highest BCUT2D eigenvalue weighted by Gasteiger charge is 2.20. The van der Waals surface area contributed by atoms with E-state index in [0.29, 0.717) is 10.9 Å². The molecular weight excluding hydrogens is 313 g/mol. The van der Waals surface area contributed by atoms with Crippen molar-refractivity contribution in [1.82, 2.24) is 5.32 Å². The van der Waals surface area contributed by atoms with E-state index in [-0.39, 0.29) is 11.9 Å². The van der Waals surface area contributed by atoms with Gasteiger partial charge in [-0.3, -0.25) is 0 Å². The van der Waals surface area contributed by atoms with Gasteiger partial charge in [-0.25, -0.2) is 9.18 Å². The molecule has 0 radical (unpaired) electrons. The molecule has 1 N–H and O–H groups in total. The van der Waals surface area contributed by atoms with Crippen LogP contribution in [0.5, 0.6) is 0 Å². The summed E-state index contributed by atoms with van der Waals surface area (Å²) in [6, 6.07) is 4.20. The summed E-state index contributed by atoms with van der Waals surface area (Å²) >= 11 is 3.31. The second kappa shape index (κ2) is 6.37. The Balaban J connectivity index is 2.81. The number of carbonyl (C=O) groups excluding carboxylic acids is 1. The summed E-state index contributed by atoms with van der Waals surface area (Å²) in [4.78, 5) is 11.8. The normalized spacial score (nSPS) is 12.9. The summed E-state index contributed by atoms with van der Waals surface area (Å²) in [7, 11) is 0. The zero-order valence-electron chi connectivity index (χ0n) is 11.6. The van der Waals surface area contributed by atoms with Crippen LogP contribution in [0.2, 0.25) is 0 Å². The first-order valence-electron chi connectivity index (χ1n) is 6.17. The summed E-state index contributed by atoms with van der Waals surface area (Å²) in [5, 5.41) is 2.79. The number of nitrogens with one attached hydrogen (secondary N) is 1. The maximum atomic E-state index is 13.1. The van der Waals surface area contributed by atoms with E-state index < -0.39 is 11.7 Å². The lowest BCUT2D eigenvalue weighted by Crippen LogP contribution is -2.34. The van der Waals surface area contributed by atoms with Crippen LogP contribution in [0.1, 0.15) is 45.7 Å². The fraction of sp³-hybridized carbons (Fsp3) is 0.500. The molecule has 1 rings (SSSR count). The summed E-state index contributed by atoms with van der Waals surface area (Å²) in [6.07, 6.45) is 0.208. The van der Waals surface area contributed by atoms with Gasteiger partial charge in [-0.2, -0.15) is 0 Å². The molecule has 5 heteroatoms. The van der Waals surface area contributed by atoms with E-state index in [0.717, 1.165) is 5.56 Å². The molecule has 0 aliphatic rings. The van der Waals surface area contributed by atoms with Gasteiger partial charge >= 0.3 is 6.09 Å². The van der Waals surface area contributed by atoms with Gasteiger partial charge in [0.1, 0.15) is 11.4 Å². The molecule has 1 unspecified atom stereocenters. The van der Waals surface area contributed by atoms with Crippen LogP contribution in [0.4, 0.5) is 9.18 Å². The third kappa shape index (κ3) is 5.19. The van der Waals surface area contributed by atoms with Crippen LogP contribution in [-0.4, -0.2) is 11.7 Å². The molecule has 0 saturated carbocycles. The molecule has 0 fully saturated rings. The van der Waals surface area contributed by atoms with E-state index >= 15 is 0 Å². The van der Waals surface area contributed by atoms with Crippen molar-refractivity contribution in [2.24, 2.45) is 0 Å². The molecule has 0 bridgehead atoms. The molecule has 106 valence electrons. The van der Waals surface area contributed by atoms with Crippen molar-refractivity contribution in [3.05, 3.63) is 34.1 Å². The first kappa shape index (κ1) is 16.0. The average molecular weight is 332 g/mol. The largest absolute Gasteiger partial charge is 0.444 e. The van der Waals surface area contributed by atoms with E-state index in [1.54, 1.807) is 26.8 Å². The van der Waals surface area contributed by atoms with Gasteiger partial charge in [-0.05, 0) is 44.9 Å². The van der Waals surface area contributed by atoms with Crippen molar-refractivity contribution in [2.75, 3.05) is 0 Å². The first-order valence-corrected chi connectivity index (χ1v) is 6.96. The molecule has 0 spiro atoms. The zero-order chi connectivity index (χ0) is 14.6. The van der Waals surface area contributed by atoms with Crippen LogP contribution >= 0.6 is 15.9 Å². The number of benzene rings is 1. The molecule has 0 heterocycles. The molecule has 1 aromatic carbocycles. The van der Waals surface area contributed by atoms with Crippen molar-refractivity contribution in [1.29, 1.82) is 0 Å². The highest BCUT2D eigenvalue weighted by molar-refractivity contribution is 9.10. The van der Waals surface area contributed by atoms with Crippen LogP contribution in [0.15, 0.2) is 22.7 Å². The van der Waals surface area contributed by atoms with Crippen LogP contribution in [0, 0.1) is 5.82 Å². The number of halogens is 2. The number of carbonyl (C=O) groups is 1. The van der Waals surface area contributed by atoms with E-state index in [1.807, 2.05) is 6.92 Å². The van der Waals surface area contributed by atoms with Gasteiger partial charge < -0.3 is 10.1 Å². The lowest BCUT2D eigenvalue weighted by Gasteiger charge is -2.23. The van der Waals surface area contributed by atoms with Crippen molar-refractivity contribution in [3.8, 4) is 0 Å². The van der Waals surface area contributed by atoms with Crippen LogP contribution < -0.4 is 5.32 Å². The van der Waals surface area contributed by atoms with Gasteiger partial charge in [-0.1, -0.05) is 28.9 Å². The number of amides is 1. The minimum Gasteiger partial charge on any atom is -0.444 e. The summed E-state index contributed by atoms with van der Waals surface area (Å²) in [5.41, 5.74) is 0.289. The Labute approximate surface area is 121 Å². The molecule has 3 nitrogen and oxygen atoms in total. The molecule has 19 heavy (non-hydrogen) atoms. The number of hydrogen-bond donors (Lipinski definition) is 1. The number of alkyl carbamates (subject to hydrolysis) is 1. The van der Waals surface area contributed by atoms with Gasteiger partial charge in [0.05, 0.1) is 6.04 Å². The maximum Gasteiger partial charge on any atom is 0.408 e. The number of ether oxygens (including phenoxy) is 1. The Morgan fingerprint density at radius 2 is 2.11 bits per heavy atom. The number of rotatable bonds is 3. The highest BCUT2D eigenvalue weighted by atomic mass is 79.9. The predicted octanol–water partition coefficient (Wildman–Crippen LogP) is 4.56. The van der Waals surface area contributed by atoms with Gasteiger partial charge in [0.15, 0.2) is 0 Å².